The fourth-order valence-electron chi connectivity index (χ4n) is 1.93. The normalized spacial score (nSPS) is 21.5. The van der Waals surface area contributed by atoms with Crippen molar-refractivity contribution in [2.24, 2.45) is 0 Å². The molecule has 1 unspecified atom stereocenters. The van der Waals surface area contributed by atoms with Crippen LogP contribution in [0, 0.1) is 0 Å². The van der Waals surface area contributed by atoms with Gasteiger partial charge in [0.2, 0.25) is 0 Å². The minimum absolute atomic E-state index is 0.110. The van der Waals surface area contributed by atoms with Crippen LogP contribution >= 0.6 is 0 Å². The molecule has 0 bridgehead atoms. The van der Waals surface area contributed by atoms with Crippen LogP contribution in [0.1, 0.15) is 12.7 Å². The van der Waals surface area contributed by atoms with Crippen molar-refractivity contribution in [2.75, 3.05) is 19.0 Å². The number of ether oxygens (including phenoxy) is 1. The third kappa shape index (κ3) is 1.52. The van der Waals surface area contributed by atoms with Crippen molar-refractivity contribution in [3.05, 3.63) is 24.0 Å². The molecule has 0 spiro atoms. The van der Waals surface area contributed by atoms with E-state index in [1.54, 1.807) is 6.92 Å². The average Bonchev–Trinajstić information content (AvgIpc) is 2.82. The summed E-state index contributed by atoms with van der Waals surface area (Å²) in [6.45, 7) is 1.74. The number of tetrazole rings is 1. The van der Waals surface area contributed by atoms with Crippen LogP contribution < -0.4 is 10.1 Å². The van der Waals surface area contributed by atoms with Crippen molar-refractivity contribution >= 4 is 5.69 Å². The molecule has 2 N–H and O–H groups in total. The van der Waals surface area contributed by atoms with Gasteiger partial charge in [0.15, 0.2) is 11.4 Å². The molecular formula is C11H13N5O2. The molecule has 0 fully saturated rings. The summed E-state index contributed by atoms with van der Waals surface area (Å²) in [5.41, 5.74) is 0.405. The van der Waals surface area contributed by atoms with E-state index in [2.05, 4.69) is 20.8 Å². The maximum Gasteiger partial charge on any atom is 0.191 e. The highest BCUT2D eigenvalue weighted by Gasteiger charge is 2.35. The SMILES string of the molecule is CNc1ccc2c(c1)-n1nnnc1C(C)(O)CO2. The van der Waals surface area contributed by atoms with E-state index in [0.29, 0.717) is 17.3 Å². The number of nitrogens with zero attached hydrogens (tertiary/aromatic N) is 4. The van der Waals surface area contributed by atoms with E-state index < -0.39 is 5.60 Å². The number of anilines is 1. The maximum atomic E-state index is 10.3. The summed E-state index contributed by atoms with van der Waals surface area (Å²) in [6, 6.07) is 5.59. The lowest BCUT2D eigenvalue weighted by Crippen LogP contribution is -2.31. The van der Waals surface area contributed by atoms with Gasteiger partial charge in [0.1, 0.15) is 18.0 Å². The number of aliphatic hydroxyl groups is 1. The van der Waals surface area contributed by atoms with Crippen LogP contribution in [-0.4, -0.2) is 39.0 Å². The van der Waals surface area contributed by atoms with E-state index in [4.69, 9.17) is 4.74 Å². The first-order chi connectivity index (χ1) is 8.62. The Labute approximate surface area is 103 Å². The zero-order chi connectivity index (χ0) is 12.8. The Morgan fingerprint density at radius 1 is 1.50 bits per heavy atom. The highest BCUT2D eigenvalue weighted by molar-refractivity contribution is 5.58. The van der Waals surface area contributed by atoms with Gasteiger partial charge in [-0.2, -0.15) is 4.68 Å². The molecule has 0 saturated heterocycles. The van der Waals surface area contributed by atoms with Crippen molar-refractivity contribution in [1.82, 2.24) is 20.2 Å². The third-order valence-electron chi connectivity index (χ3n) is 2.94. The molecule has 1 aromatic carbocycles. The van der Waals surface area contributed by atoms with Gasteiger partial charge in [-0.3, -0.25) is 0 Å². The van der Waals surface area contributed by atoms with Gasteiger partial charge >= 0.3 is 0 Å². The number of rotatable bonds is 1. The molecule has 7 heteroatoms. The fraction of sp³-hybridized carbons (Fsp3) is 0.364. The zero-order valence-electron chi connectivity index (χ0n) is 10.1. The quantitative estimate of drug-likeness (QED) is 0.754. The monoisotopic (exact) mass is 247 g/mol. The molecule has 1 aromatic heterocycles. The zero-order valence-corrected chi connectivity index (χ0v) is 10.1. The van der Waals surface area contributed by atoms with E-state index in [-0.39, 0.29) is 6.61 Å². The van der Waals surface area contributed by atoms with Crippen molar-refractivity contribution in [3.8, 4) is 11.4 Å². The lowest BCUT2D eigenvalue weighted by atomic mass is 10.1. The second-order valence-corrected chi connectivity index (χ2v) is 4.41. The van der Waals surface area contributed by atoms with Crippen molar-refractivity contribution in [2.45, 2.75) is 12.5 Å². The molecule has 94 valence electrons. The van der Waals surface area contributed by atoms with E-state index in [1.807, 2.05) is 25.2 Å². The summed E-state index contributed by atoms with van der Waals surface area (Å²) in [4.78, 5) is 0. The number of fused-ring (bicyclic) bond motifs is 3. The van der Waals surface area contributed by atoms with E-state index >= 15 is 0 Å². The fourth-order valence-corrected chi connectivity index (χ4v) is 1.93. The first kappa shape index (κ1) is 11.0. The number of nitrogens with one attached hydrogen (secondary N) is 1. The number of hydrogen-bond acceptors (Lipinski definition) is 6. The molecule has 1 aliphatic rings. The third-order valence-corrected chi connectivity index (χ3v) is 2.94. The van der Waals surface area contributed by atoms with Crippen LogP contribution in [0.15, 0.2) is 18.2 Å². The Kier molecular flexibility index (Phi) is 2.24. The molecule has 18 heavy (non-hydrogen) atoms. The first-order valence-corrected chi connectivity index (χ1v) is 5.58. The molecule has 0 aliphatic carbocycles. The Balaban J connectivity index is 2.24. The molecule has 2 aromatic rings. The number of aromatic nitrogens is 4. The topological polar surface area (TPSA) is 85.1 Å². The van der Waals surface area contributed by atoms with Gasteiger partial charge in [-0.05, 0) is 35.5 Å². The summed E-state index contributed by atoms with van der Waals surface area (Å²) < 4.78 is 7.10. The van der Waals surface area contributed by atoms with Crippen molar-refractivity contribution < 1.29 is 9.84 Å². The molecule has 0 radical (unpaired) electrons. The summed E-state index contributed by atoms with van der Waals surface area (Å²) in [6.07, 6.45) is 0. The van der Waals surface area contributed by atoms with Gasteiger partial charge in [-0.25, -0.2) is 0 Å². The molecular weight excluding hydrogens is 234 g/mol. The summed E-state index contributed by atoms with van der Waals surface area (Å²) in [5.74, 6) is 1.01. The highest BCUT2D eigenvalue weighted by atomic mass is 16.5. The van der Waals surface area contributed by atoms with E-state index in [1.165, 1.54) is 4.68 Å². The van der Waals surface area contributed by atoms with Crippen LogP contribution in [0.2, 0.25) is 0 Å². The minimum Gasteiger partial charge on any atom is -0.488 e. The molecule has 7 nitrogen and oxygen atoms in total. The molecule has 3 rings (SSSR count). The lowest BCUT2D eigenvalue weighted by Gasteiger charge is -2.17. The van der Waals surface area contributed by atoms with Gasteiger partial charge in [-0.1, -0.05) is 0 Å². The molecule has 1 atom stereocenters. The number of benzene rings is 1. The largest absolute Gasteiger partial charge is 0.488 e. The molecule has 0 saturated carbocycles. The first-order valence-electron chi connectivity index (χ1n) is 5.58. The standard InChI is InChI=1S/C11H13N5O2/c1-11(17)6-18-9-4-3-7(12-2)5-8(9)16-10(11)13-14-15-16/h3-5,12,17H,6H2,1-2H3. The van der Waals surface area contributed by atoms with Gasteiger partial charge in [0.25, 0.3) is 0 Å². The molecule has 0 amide bonds. The van der Waals surface area contributed by atoms with Gasteiger partial charge in [0, 0.05) is 12.7 Å². The Morgan fingerprint density at radius 2 is 2.33 bits per heavy atom. The van der Waals surface area contributed by atoms with Gasteiger partial charge in [-0.15, -0.1) is 5.10 Å². The summed E-state index contributed by atoms with van der Waals surface area (Å²) >= 11 is 0. The second-order valence-electron chi connectivity index (χ2n) is 4.41. The summed E-state index contributed by atoms with van der Waals surface area (Å²) in [5, 5.41) is 24.7. The van der Waals surface area contributed by atoms with Crippen LogP contribution in [0.5, 0.6) is 5.75 Å². The van der Waals surface area contributed by atoms with Crippen LogP contribution in [-0.2, 0) is 5.60 Å². The Bertz CT molecular complexity index is 593. The molecule has 1 aliphatic heterocycles. The predicted octanol–water partition coefficient (Wildman–Crippen LogP) is 0.304. The lowest BCUT2D eigenvalue weighted by molar-refractivity contribution is 0.00211. The Hall–Kier alpha value is -2.15. The Morgan fingerprint density at radius 3 is 3.11 bits per heavy atom. The van der Waals surface area contributed by atoms with Crippen molar-refractivity contribution in [1.29, 1.82) is 0 Å². The second kappa shape index (κ2) is 3.67. The number of hydrogen-bond donors (Lipinski definition) is 2. The highest BCUT2D eigenvalue weighted by Crippen LogP contribution is 2.33. The van der Waals surface area contributed by atoms with E-state index in [0.717, 1.165) is 5.69 Å². The van der Waals surface area contributed by atoms with Crippen molar-refractivity contribution in [3.63, 3.8) is 0 Å². The molecule has 2 heterocycles. The van der Waals surface area contributed by atoms with Gasteiger partial charge < -0.3 is 15.2 Å². The average molecular weight is 247 g/mol. The van der Waals surface area contributed by atoms with Crippen LogP contribution in [0.3, 0.4) is 0 Å². The van der Waals surface area contributed by atoms with Crippen LogP contribution in [0.25, 0.3) is 5.69 Å². The maximum absolute atomic E-state index is 10.3. The van der Waals surface area contributed by atoms with Gasteiger partial charge in [0.05, 0.1) is 0 Å². The smallest absolute Gasteiger partial charge is 0.191 e. The van der Waals surface area contributed by atoms with E-state index in [9.17, 15) is 5.11 Å². The summed E-state index contributed by atoms with van der Waals surface area (Å²) in [7, 11) is 1.83. The van der Waals surface area contributed by atoms with Crippen LogP contribution in [0.4, 0.5) is 5.69 Å². The minimum atomic E-state index is -1.22. The predicted molar refractivity (Wildman–Crippen MR) is 63.8 cm³/mol.